The smallest absolute Gasteiger partial charge is 0.414 e. The highest BCUT2D eigenvalue weighted by Crippen LogP contribution is 2.31. The van der Waals surface area contributed by atoms with Crippen molar-refractivity contribution in [2.24, 2.45) is 0 Å². The number of ether oxygens (including phenoxy) is 2. The molecule has 0 aromatic heterocycles. The lowest BCUT2D eigenvalue weighted by Gasteiger charge is -2.23. The monoisotopic (exact) mass is 481 g/mol. The summed E-state index contributed by atoms with van der Waals surface area (Å²) in [5, 5.41) is 14.1. The van der Waals surface area contributed by atoms with Crippen LogP contribution in [0.25, 0.3) is 0 Å². The molecule has 0 radical (unpaired) electrons. The van der Waals surface area contributed by atoms with E-state index in [4.69, 9.17) is 9.47 Å². The third-order valence-electron chi connectivity index (χ3n) is 4.75. The molecule has 0 saturated carbocycles. The van der Waals surface area contributed by atoms with Crippen molar-refractivity contribution in [3.05, 3.63) is 99.9 Å². The molecule has 0 saturated heterocycles. The molecule has 0 bridgehead atoms. The van der Waals surface area contributed by atoms with Gasteiger partial charge in [-0.25, -0.2) is 14.0 Å². The van der Waals surface area contributed by atoms with Crippen LogP contribution in [0.5, 0.6) is 0 Å². The predicted octanol–water partition coefficient (Wildman–Crippen LogP) is 6.03. The number of nitro groups is 1. The maximum atomic E-state index is 13.4. The molecule has 3 aromatic carbocycles. The van der Waals surface area contributed by atoms with Crippen molar-refractivity contribution in [3.63, 3.8) is 0 Å². The Balaban J connectivity index is 1.90. The lowest BCUT2D eigenvalue weighted by Crippen LogP contribution is -2.31. The minimum atomic E-state index is -0.846. The van der Waals surface area contributed by atoms with E-state index in [9.17, 15) is 24.1 Å². The van der Waals surface area contributed by atoms with Crippen molar-refractivity contribution < 1.29 is 28.4 Å². The van der Waals surface area contributed by atoms with E-state index in [0.717, 1.165) is 11.6 Å². The van der Waals surface area contributed by atoms with E-state index in [-0.39, 0.29) is 24.5 Å². The fourth-order valence-corrected chi connectivity index (χ4v) is 3.13. The Hall–Kier alpha value is -4.47. The van der Waals surface area contributed by atoms with E-state index >= 15 is 0 Å². The summed E-state index contributed by atoms with van der Waals surface area (Å²) in [6.07, 6.45) is -2.02. The number of hydrogen-bond acceptors (Lipinski definition) is 6. The van der Waals surface area contributed by atoms with Crippen molar-refractivity contribution >= 4 is 29.2 Å². The molecular weight excluding hydrogens is 457 g/mol. The van der Waals surface area contributed by atoms with Gasteiger partial charge in [0.05, 0.1) is 23.3 Å². The van der Waals surface area contributed by atoms with Crippen LogP contribution in [-0.4, -0.2) is 23.2 Å². The third kappa shape index (κ3) is 7.26. The number of nitrogens with one attached hydrogen (secondary N) is 1. The van der Waals surface area contributed by atoms with Gasteiger partial charge in [-0.15, -0.1) is 0 Å². The Morgan fingerprint density at radius 1 is 1.03 bits per heavy atom. The number of hydrogen-bond donors (Lipinski definition) is 1. The third-order valence-corrected chi connectivity index (χ3v) is 4.75. The van der Waals surface area contributed by atoms with E-state index in [1.54, 1.807) is 38.1 Å². The van der Waals surface area contributed by atoms with Gasteiger partial charge in [-0.3, -0.25) is 20.3 Å². The molecule has 182 valence electrons. The highest BCUT2D eigenvalue weighted by atomic mass is 19.1. The van der Waals surface area contributed by atoms with Gasteiger partial charge < -0.3 is 9.47 Å². The van der Waals surface area contributed by atoms with Crippen LogP contribution in [0.2, 0.25) is 0 Å². The van der Waals surface area contributed by atoms with Crippen LogP contribution in [-0.2, 0) is 22.6 Å². The maximum Gasteiger partial charge on any atom is 0.414 e. The lowest BCUT2D eigenvalue weighted by atomic mass is 10.1. The van der Waals surface area contributed by atoms with Gasteiger partial charge >= 0.3 is 12.2 Å². The summed E-state index contributed by atoms with van der Waals surface area (Å²) in [4.78, 5) is 37.2. The van der Waals surface area contributed by atoms with Gasteiger partial charge in [-0.2, -0.15) is 0 Å². The molecule has 0 spiro atoms. The minimum Gasteiger partial charge on any atom is -0.447 e. The Bertz CT molecular complexity index is 1190. The summed E-state index contributed by atoms with van der Waals surface area (Å²) in [6, 6.07) is 18.4. The van der Waals surface area contributed by atoms with Crippen LogP contribution >= 0.6 is 0 Å². The van der Waals surface area contributed by atoms with Crippen LogP contribution in [0.3, 0.4) is 0 Å². The molecule has 0 heterocycles. The zero-order valence-electron chi connectivity index (χ0n) is 19.1. The van der Waals surface area contributed by atoms with Crippen LogP contribution in [0.15, 0.2) is 72.8 Å². The van der Waals surface area contributed by atoms with E-state index in [1.807, 2.05) is 6.07 Å². The van der Waals surface area contributed by atoms with E-state index < -0.39 is 34.7 Å². The zero-order valence-corrected chi connectivity index (χ0v) is 19.1. The average Bonchev–Trinajstić information content (AvgIpc) is 2.82. The summed E-state index contributed by atoms with van der Waals surface area (Å²) >= 11 is 0. The van der Waals surface area contributed by atoms with Gasteiger partial charge in [-0.1, -0.05) is 42.5 Å². The fraction of sp³-hybridized carbons (Fsp3) is 0.200. The van der Waals surface area contributed by atoms with Crippen LogP contribution in [0.1, 0.15) is 25.0 Å². The first kappa shape index (κ1) is 25.2. The quantitative estimate of drug-likeness (QED) is 0.310. The van der Waals surface area contributed by atoms with E-state index in [1.165, 1.54) is 41.3 Å². The topological polar surface area (TPSA) is 111 Å². The number of halogens is 1. The Kier molecular flexibility index (Phi) is 8.33. The molecule has 0 unspecified atom stereocenters. The van der Waals surface area contributed by atoms with Crippen molar-refractivity contribution in [1.82, 2.24) is 0 Å². The summed E-state index contributed by atoms with van der Waals surface area (Å²) in [5.74, 6) is -0.439. The van der Waals surface area contributed by atoms with Crippen LogP contribution < -0.4 is 10.2 Å². The van der Waals surface area contributed by atoms with Crippen LogP contribution in [0, 0.1) is 15.9 Å². The summed E-state index contributed by atoms with van der Waals surface area (Å²) in [5.41, 5.74) is 0.957. The van der Waals surface area contributed by atoms with Crippen LogP contribution in [0.4, 0.5) is 31.0 Å². The number of amides is 2. The first-order chi connectivity index (χ1) is 16.7. The van der Waals surface area contributed by atoms with Crippen molar-refractivity contribution in [3.8, 4) is 0 Å². The molecule has 35 heavy (non-hydrogen) atoms. The second-order valence-corrected chi connectivity index (χ2v) is 7.79. The lowest BCUT2D eigenvalue weighted by molar-refractivity contribution is -0.383. The first-order valence-electron chi connectivity index (χ1n) is 10.7. The Morgan fingerprint density at radius 2 is 1.71 bits per heavy atom. The molecule has 0 aliphatic rings. The SMILES string of the molecule is CC(C)OC(=O)Nc1ccc(N(Cc2ccc(F)cc2)C(=O)OCc2ccccc2)cc1[N+](=O)[O-]. The molecule has 2 amide bonds. The zero-order chi connectivity index (χ0) is 25.4. The van der Waals surface area contributed by atoms with Gasteiger partial charge in [0.25, 0.3) is 5.69 Å². The molecule has 3 aromatic rings. The highest BCUT2D eigenvalue weighted by Gasteiger charge is 2.24. The number of anilines is 2. The molecule has 0 aliphatic heterocycles. The molecule has 10 heteroatoms. The molecule has 0 fully saturated rings. The number of nitrogens with zero attached hydrogens (tertiary/aromatic N) is 2. The molecule has 0 atom stereocenters. The van der Waals surface area contributed by atoms with Crippen molar-refractivity contribution in [2.75, 3.05) is 10.2 Å². The average molecular weight is 481 g/mol. The fourth-order valence-electron chi connectivity index (χ4n) is 3.13. The highest BCUT2D eigenvalue weighted by molar-refractivity contribution is 5.92. The second kappa shape index (κ2) is 11.6. The summed E-state index contributed by atoms with van der Waals surface area (Å²) < 4.78 is 23.8. The van der Waals surface area contributed by atoms with E-state index in [2.05, 4.69) is 5.32 Å². The number of carbonyl (C=O) groups excluding carboxylic acids is 2. The number of nitro benzene ring substituents is 1. The minimum absolute atomic E-state index is 0.0115. The largest absolute Gasteiger partial charge is 0.447 e. The van der Waals surface area contributed by atoms with Gasteiger partial charge in [0.15, 0.2) is 0 Å². The molecular formula is C25H24FN3O6. The summed E-state index contributed by atoms with van der Waals surface area (Å²) in [6.45, 7) is 3.24. The number of benzene rings is 3. The van der Waals surface area contributed by atoms with Gasteiger partial charge in [0, 0.05) is 6.07 Å². The first-order valence-corrected chi connectivity index (χ1v) is 10.7. The second-order valence-electron chi connectivity index (χ2n) is 7.79. The summed E-state index contributed by atoms with van der Waals surface area (Å²) in [7, 11) is 0. The molecule has 1 N–H and O–H groups in total. The van der Waals surface area contributed by atoms with Gasteiger partial charge in [0.1, 0.15) is 18.1 Å². The molecule has 0 aliphatic carbocycles. The normalized spacial score (nSPS) is 10.5. The van der Waals surface area contributed by atoms with E-state index in [0.29, 0.717) is 5.56 Å². The van der Waals surface area contributed by atoms with Gasteiger partial charge in [-0.05, 0) is 49.2 Å². The Labute approximate surface area is 201 Å². The number of carbonyl (C=O) groups is 2. The van der Waals surface area contributed by atoms with Crippen molar-refractivity contribution in [2.45, 2.75) is 33.1 Å². The molecule has 3 rings (SSSR count). The Morgan fingerprint density at radius 3 is 2.34 bits per heavy atom. The number of rotatable bonds is 8. The van der Waals surface area contributed by atoms with Crippen molar-refractivity contribution in [1.29, 1.82) is 0 Å². The molecule has 9 nitrogen and oxygen atoms in total. The predicted molar refractivity (Wildman–Crippen MR) is 128 cm³/mol. The maximum absolute atomic E-state index is 13.4. The van der Waals surface area contributed by atoms with Gasteiger partial charge in [0.2, 0.25) is 0 Å². The standard InChI is InChI=1S/C25H24FN3O6/c1-17(2)35-24(30)27-22-13-12-21(14-23(22)29(32)33)28(15-18-8-10-20(26)11-9-18)25(31)34-16-19-6-4-3-5-7-19/h3-14,17H,15-16H2,1-2H3,(H,27,30).